The lowest BCUT2D eigenvalue weighted by atomic mass is 10.1. The van der Waals surface area contributed by atoms with Crippen molar-refractivity contribution in [1.82, 2.24) is 34.4 Å². The molecule has 6 rings (SSSR count). The van der Waals surface area contributed by atoms with Crippen LogP contribution in [0.5, 0.6) is 0 Å². The summed E-state index contributed by atoms with van der Waals surface area (Å²) in [4.78, 5) is 30.1. The Hall–Kier alpha value is -4.12. The molecule has 5 heterocycles. The Kier molecular flexibility index (Phi) is 5.06. The fraction of sp³-hybridized carbons (Fsp3) is 0.250. The summed E-state index contributed by atoms with van der Waals surface area (Å²) in [5.74, 6) is -0.989. The number of H-pyrrole nitrogens is 2. The lowest BCUT2D eigenvalue weighted by Gasteiger charge is -2.36. The largest absolute Gasteiger partial charge is 0.365 e. The summed E-state index contributed by atoms with van der Waals surface area (Å²) >= 11 is 0. The lowest BCUT2D eigenvalue weighted by molar-refractivity contribution is 0.246. The Morgan fingerprint density at radius 3 is 2.63 bits per heavy atom. The average molecular weight is 476 g/mol. The zero-order chi connectivity index (χ0) is 24.1. The predicted molar refractivity (Wildman–Crippen MR) is 127 cm³/mol. The molecule has 1 fully saturated rings. The molecule has 178 valence electrons. The fourth-order valence-corrected chi connectivity index (χ4v) is 4.68. The molecule has 0 spiro atoms. The van der Waals surface area contributed by atoms with Crippen molar-refractivity contribution in [3.8, 4) is 11.4 Å². The summed E-state index contributed by atoms with van der Waals surface area (Å²) in [5.41, 5.74) is 3.52. The zero-order valence-corrected chi connectivity index (χ0v) is 18.9. The first-order valence-electron chi connectivity index (χ1n) is 11.3. The lowest BCUT2D eigenvalue weighted by Crippen LogP contribution is -2.46. The van der Waals surface area contributed by atoms with Crippen molar-refractivity contribution in [2.45, 2.75) is 13.5 Å². The minimum absolute atomic E-state index is 0.146. The predicted octanol–water partition coefficient (Wildman–Crippen LogP) is 2.87. The first-order chi connectivity index (χ1) is 17.0. The van der Waals surface area contributed by atoms with Crippen molar-refractivity contribution >= 4 is 22.2 Å². The number of halogens is 2. The van der Waals surface area contributed by atoms with Crippen LogP contribution in [0.15, 0.2) is 47.8 Å². The van der Waals surface area contributed by atoms with Crippen LogP contribution >= 0.6 is 0 Å². The van der Waals surface area contributed by atoms with E-state index in [1.807, 2.05) is 4.90 Å². The molecule has 0 aliphatic carbocycles. The third kappa shape index (κ3) is 3.64. The monoisotopic (exact) mass is 476 g/mol. The SMILES string of the molecule is Cc1cnn2c1c(=O)[nH]c1c(F)c(CN3CCN(c4ccc(-c5cnc[nH]5)nc4F)CC3)ccc12. The van der Waals surface area contributed by atoms with Crippen LogP contribution in [0.1, 0.15) is 11.1 Å². The van der Waals surface area contributed by atoms with Crippen LogP contribution in [0.4, 0.5) is 14.5 Å². The fourth-order valence-electron chi connectivity index (χ4n) is 4.68. The first-order valence-corrected chi connectivity index (χ1v) is 11.3. The molecule has 0 amide bonds. The van der Waals surface area contributed by atoms with Gasteiger partial charge in [0.1, 0.15) is 11.0 Å². The molecule has 11 heteroatoms. The summed E-state index contributed by atoms with van der Waals surface area (Å²) in [5, 5.41) is 4.23. The van der Waals surface area contributed by atoms with E-state index in [0.717, 1.165) is 5.56 Å². The van der Waals surface area contributed by atoms with Gasteiger partial charge in [-0.1, -0.05) is 6.07 Å². The topological polar surface area (TPSA) is 98.2 Å². The van der Waals surface area contributed by atoms with E-state index in [2.05, 4.69) is 29.9 Å². The number of hydrogen-bond donors (Lipinski definition) is 2. The van der Waals surface area contributed by atoms with Crippen LogP contribution in [0.3, 0.4) is 0 Å². The normalized spacial score (nSPS) is 14.9. The highest BCUT2D eigenvalue weighted by Gasteiger charge is 2.22. The average Bonchev–Trinajstić information content (AvgIpc) is 3.53. The van der Waals surface area contributed by atoms with Crippen LogP contribution in [0.2, 0.25) is 0 Å². The van der Waals surface area contributed by atoms with Gasteiger partial charge >= 0.3 is 0 Å². The Morgan fingerprint density at radius 2 is 1.89 bits per heavy atom. The number of anilines is 1. The van der Waals surface area contributed by atoms with Gasteiger partial charge in [0.05, 0.1) is 41.3 Å². The van der Waals surface area contributed by atoms with E-state index in [-0.39, 0.29) is 11.1 Å². The number of benzene rings is 1. The van der Waals surface area contributed by atoms with Crippen molar-refractivity contribution in [3.63, 3.8) is 0 Å². The molecule has 4 aromatic heterocycles. The van der Waals surface area contributed by atoms with Crippen molar-refractivity contribution in [2.75, 3.05) is 31.1 Å². The number of aromatic nitrogens is 6. The number of aryl methyl sites for hydroxylation is 1. The second kappa shape index (κ2) is 8.27. The highest BCUT2D eigenvalue weighted by atomic mass is 19.1. The molecule has 35 heavy (non-hydrogen) atoms. The van der Waals surface area contributed by atoms with Crippen molar-refractivity contribution in [1.29, 1.82) is 0 Å². The quantitative estimate of drug-likeness (QED) is 0.387. The minimum Gasteiger partial charge on any atom is -0.365 e. The van der Waals surface area contributed by atoms with Gasteiger partial charge in [0.15, 0.2) is 5.82 Å². The van der Waals surface area contributed by atoms with Crippen LogP contribution in [-0.4, -0.2) is 60.6 Å². The molecule has 5 aromatic rings. The summed E-state index contributed by atoms with van der Waals surface area (Å²) in [6.07, 6.45) is 4.72. The van der Waals surface area contributed by atoms with E-state index in [9.17, 15) is 9.18 Å². The van der Waals surface area contributed by atoms with Gasteiger partial charge in [-0.15, -0.1) is 0 Å². The van der Waals surface area contributed by atoms with E-state index >= 15 is 4.39 Å². The van der Waals surface area contributed by atoms with E-state index in [1.54, 1.807) is 43.6 Å². The third-order valence-corrected chi connectivity index (χ3v) is 6.54. The molecule has 0 saturated carbocycles. The van der Waals surface area contributed by atoms with E-state index in [4.69, 9.17) is 0 Å². The van der Waals surface area contributed by atoms with Crippen LogP contribution < -0.4 is 10.5 Å². The maximum Gasteiger partial charge on any atom is 0.274 e. The Labute approximate surface area is 198 Å². The van der Waals surface area contributed by atoms with E-state index < -0.39 is 11.8 Å². The van der Waals surface area contributed by atoms with Gasteiger partial charge in [-0.2, -0.15) is 9.49 Å². The molecule has 0 bridgehead atoms. The highest BCUT2D eigenvalue weighted by molar-refractivity contribution is 5.79. The number of aromatic amines is 2. The van der Waals surface area contributed by atoms with Crippen LogP contribution in [0, 0.1) is 18.7 Å². The number of fused-ring (bicyclic) bond motifs is 3. The molecular formula is C24H22F2N8O. The van der Waals surface area contributed by atoms with Gasteiger partial charge < -0.3 is 14.9 Å². The summed E-state index contributed by atoms with van der Waals surface area (Å²) in [7, 11) is 0. The number of nitrogens with one attached hydrogen (secondary N) is 2. The third-order valence-electron chi connectivity index (χ3n) is 6.54. The van der Waals surface area contributed by atoms with Crippen molar-refractivity contribution in [3.05, 3.63) is 76.2 Å². The minimum atomic E-state index is -0.532. The molecule has 0 atom stereocenters. The van der Waals surface area contributed by atoms with Crippen LogP contribution in [-0.2, 0) is 6.54 Å². The van der Waals surface area contributed by atoms with Gasteiger partial charge in [0, 0.05) is 43.9 Å². The summed E-state index contributed by atoms with van der Waals surface area (Å²) in [6, 6.07) is 7.01. The number of pyridine rings is 1. The second-order valence-corrected chi connectivity index (χ2v) is 8.71. The van der Waals surface area contributed by atoms with Gasteiger partial charge in [-0.05, 0) is 25.1 Å². The Bertz CT molecular complexity index is 1600. The molecule has 2 N–H and O–H groups in total. The van der Waals surface area contributed by atoms with E-state index in [1.165, 1.54) is 10.8 Å². The number of hydrogen-bond acceptors (Lipinski definition) is 6. The summed E-state index contributed by atoms with van der Waals surface area (Å²) < 4.78 is 31.6. The number of rotatable bonds is 4. The van der Waals surface area contributed by atoms with Gasteiger partial charge in [-0.25, -0.2) is 18.9 Å². The molecule has 1 saturated heterocycles. The van der Waals surface area contributed by atoms with Gasteiger partial charge in [0.2, 0.25) is 5.95 Å². The summed E-state index contributed by atoms with van der Waals surface area (Å²) in [6.45, 7) is 4.61. The Morgan fingerprint density at radius 1 is 1.06 bits per heavy atom. The van der Waals surface area contributed by atoms with Crippen molar-refractivity contribution in [2.24, 2.45) is 0 Å². The molecule has 1 aliphatic heterocycles. The molecule has 0 radical (unpaired) electrons. The number of piperazine rings is 1. The number of nitrogens with zero attached hydrogens (tertiary/aromatic N) is 6. The van der Waals surface area contributed by atoms with E-state index in [0.29, 0.717) is 66.4 Å². The second-order valence-electron chi connectivity index (χ2n) is 8.71. The number of imidazole rings is 1. The first kappa shape index (κ1) is 21.4. The standard InChI is InChI=1S/C24H22F2N8O/c1-14-10-29-34-18-4-2-15(20(25)21(18)31-24(35)22(14)34)12-32-6-8-33(9-7-32)19-5-3-16(30-23(19)26)17-11-27-13-28-17/h2-5,10-11,13H,6-9,12H2,1H3,(H,27,28)(H,31,35). The maximum absolute atomic E-state index is 15.4. The molecule has 1 aromatic carbocycles. The molecule has 9 nitrogen and oxygen atoms in total. The van der Waals surface area contributed by atoms with Crippen molar-refractivity contribution < 1.29 is 8.78 Å². The van der Waals surface area contributed by atoms with Gasteiger partial charge in [0.25, 0.3) is 5.56 Å². The van der Waals surface area contributed by atoms with Gasteiger partial charge in [-0.3, -0.25) is 9.69 Å². The smallest absolute Gasteiger partial charge is 0.274 e. The Balaban J connectivity index is 1.19. The van der Waals surface area contributed by atoms with Crippen LogP contribution in [0.25, 0.3) is 27.9 Å². The highest BCUT2D eigenvalue weighted by Crippen LogP contribution is 2.25. The molecule has 1 aliphatic rings. The molecular weight excluding hydrogens is 454 g/mol. The molecule has 0 unspecified atom stereocenters. The maximum atomic E-state index is 15.4. The zero-order valence-electron chi connectivity index (χ0n) is 18.9.